The van der Waals surface area contributed by atoms with E-state index in [1.807, 2.05) is 0 Å². The first-order valence-electron chi connectivity index (χ1n) is 6.19. The molecule has 0 fully saturated rings. The van der Waals surface area contributed by atoms with Crippen LogP contribution in [0.5, 0.6) is 0 Å². The van der Waals surface area contributed by atoms with E-state index in [1.54, 1.807) is 0 Å². The second-order valence-corrected chi connectivity index (χ2v) is 4.87. The van der Waals surface area contributed by atoms with Crippen molar-refractivity contribution in [3.8, 4) is 0 Å². The Morgan fingerprint density at radius 2 is 1.38 bits per heavy atom. The molecule has 1 aromatic carbocycles. The van der Waals surface area contributed by atoms with Gasteiger partial charge in [0, 0.05) is 5.56 Å². The zero-order chi connectivity index (χ0) is 18.4. The Bertz CT molecular complexity index is 702. The van der Waals surface area contributed by atoms with E-state index >= 15 is 0 Å². The topological polar surface area (TPSA) is 33.4 Å². The van der Waals surface area contributed by atoms with Crippen molar-refractivity contribution in [3.05, 3.63) is 59.5 Å². The van der Waals surface area contributed by atoms with Crippen molar-refractivity contribution in [2.24, 2.45) is 0 Å². The molecule has 0 bridgehead atoms. The molecule has 1 N–H and O–H groups in total. The third-order valence-electron chi connectivity index (χ3n) is 3.36. The molecule has 1 atom stereocenters. The maximum Gasteiger partial charge on any atom is 0.457 e. The summed E-state index contributed by atoms with van der Waals surface area (Å²) in [5.41, 5.74) is -7.90. The van der Waals surface area contributed by atoms with Crippen LogP contribution < -0.4 is 0 Å². The summed E-state index contributed by atoms with van der Waals surface area (Å²) in [7, 11) is 0. The lowest BCUT2D eigenvalue weighted by Crippen LogP contribution is -2.55. The molecule has 0 spiro atoms. The van der Waals surface area contributed by atoms with Gasteiger partial charge in [-0.15, -0.1) is 0 Å². The third-order valence-corrected chi connectivity index (χ3v) is 3.36. The lowest BCUT2D eigenvalue weighted by molar-refractivity contribution is -0.336. The van der Waals surface area contributed by atoms with E-state index in [0.29, 0.717) is 36.8 Å². The minimum atomic E-state index is -6.23. The molecule has 2 aromatic rings. The van der Waals surface area contributed by atoms with Crippen LogP contribution >= 0.6 is 0 Å². The molecular formula is C14H8F8O2. The van der Waals surface area contributed by atoms with Gasteiger partial charge in [-0.2, -0.15) is 35.1 Å². The van der Waals surface area contributed by atoms with Gasteiger partial charge in [-0.05, 0) is 23.8 Å². The molecule has 0 radical (unpaired) electrons. The van der Waals surface area contributed by atoms with Crippen LogP contribution in [-0.2, 0) is 11.8 Å². The van der Waals surface area contributed by atoms with Gasteiger partial charge in [-0.25, -0.2) is 0 Å². The van der Waals surface area contributed by atoms with Crippen molar-refractivity contribution in [3.63, 3.8) is 0 Å². The summed E-state index contributed by atoms with van der Waals surface area (Å²) >= 11 is 0. The first kappa shape index (κ1) is 18.2. The van der Waals surface area contributed by atoms with Crippen molar-refractivity contribution in [1.82, 2.24) is 0 Å². The zero-order valence-electron chi connectivity index (χ0n) is 11.4. The van der Waals surface area contributed by atoms with Crippen LogP contribution in [0, 0.1) is 0 Å². The first-order chi connectivity index (χ1) is 10.8. The maximum atomic E-state index is 14.0. The van der Waals surface area contributed by atoms with E-state index in [-0.39, 0.29) is 6.07 Å². The predicted octanol–water partition coefficient (Wildman–Crippen LogP) is 4.73. The summed E-state index contributed by atoms with van der Waals surface area (Å²) in [5, 5.41) is 10.2. The molecule has 0 amide bonds. The molecule has 24 heavy (non-hydrogen) atoms. The molecule has 1 unspecified atom stereocenters. The number of benzene rings is 1. The molecule has 0 aliphatic rings. The highest BCUT2D eigenvalue weighted by Crippen LogP contribution is 2.52. The Balaban J connectivity index is 2.75. The number of alkyl halides is 8. The van der Waals surface area contributed by atoms with Crippen LogP contribution in [0.4, 0.5) is 35.1 Å². The van der Waals surface area contributed by atoms with Crippen molar-refractivity contribution in [2.75, 3.05) is 0 Å². The number of halogens is 8. The Kier molecular flexibility index (Phi) is 4.16. The second kappa shape index (κ2) is 5.47. The smallest absolute Gasteiger partial charge is 0.457 e. The predicted molar refractivity (Wildman–Crippen MR) is 64.2 cm³/mol. The maximum absolute atomic E-state index is 14.0. The van der Waals surface area contributed by atoms with E-state index in [4.69, 9.17) is 0 Å². The van der Waals surface area contributed by atoms with Gasteiger partial charge in [0.15, 0.2) is 5.60 Å². The largest absolute Gasteiger partial charge is 0.472 e. The average Bonchev–Trinajstić information content (AvgIpc) is 2.98. The van der Waals surface area contributed by atoms with Crippen LogP contribution in [-0.4, -0.2) is 17.2 Å². The number of hydrogen-bond acceptors (Lipinski definition) is 2. The van der Waals surface area contributed by atoms with Gasteiger partial charge < -0.3 is 9.52 Å². The SMILES string of the molecule is OC(c1ccoc1)(c1cccc(C(F)(F)F)c1)C(F)(F)C(F)(F)F. The number of rotatable bonds is 3. The fourth-order valence-corrected chi connectivity index (χ4v) is 2.13. The lowest BCUT2D eigenvalue weighted by Gasteiger charge is -2.36. The fraction of sp³-hybridized carbons (Fsp3) is 0.286. The minimum absolute atomic E-state index is 0.0344. The number of furan rings is 1. The molecular weight excluding hydrogens is 352 g/mol. The highest BCUT2D eigenvalue weighted by Gasteiger charge is 2.71. The highest BCUT2D eigenvalue weighted by atomic mass is 19.4. The minimum Gasteiger partial charge on any atom is -0.472 e. The van der Waals surface area contributed by atoms with E-state index in [1.165, 1.54) is 0 Å². The van der Waals surface area contributed by atoms with Crippen LogP contribution in [0.3, 0.4) is 0 Å². The van der Waals surface area contributed by atoms with Gasteiger partial charge in [0.25, 0.3) is 0 Å². The second-order valence-electron chi connectivity index (χ2n) is 4.87. The van der Waals surface area contributed by atoms with Gasteiger partial charge in [0.1, 0.15) is 0 Å². The molecule has 2 rings (SSSR count). The molecule has 1 heterocycles. The lowest BCUT2D eigenvalue weighted by atomic mass is 9.81. The van der Waals surface area contributed by atoms with Gasteiger partial charge in [0.2, 0.25) is 0 Å². The molecule has 0 saturated heterocycles. The standard InChI is InChI=1S/C14H8F8O2/c15-12(16,17)9-3-1-2-8(6-9)11(23,10-4-5-24-7-10)13(18,19)14(20,21)22/h1-7,23H. The molecule has 0 saturated carbocycles. The Labute approximate surface area is 129 Å². The van der Waals surface area contributed by atoms with Crippen molar-refractivity contribution in [1.29, 1.82) is 0 Å². The summed E-state index contributed by atoms with van der Waals surface area (Å²) < 4.78 is 109. The Morgan fingerprint density at radius 1 is 0.792 bits per heavy atom. The third kappa shape index (κ3) is 2.74. The van der Waals surface area contributed by atoms with E-state index < -0.39 is 40.6 Å². The van der Waals surface area contributed by atoms with Crippen LogP contribution in [0.25, 0.3) is 0 Å². The number of hydrogen-bond donors (Lipinski definition) is 1. The average molecular weight is 360 g/mol. The summed E-state index contributed by atoms with van der Waals surface area (Å²) in [6.45, 7) is 0. The molecule has 1 aromatic heterocycles. The molecule has 0 aliphatic carbocycles. The van der Waals surface area contributed by atoms with Crippen molar-refractivity contribution >= 4 is 0 Å². The molecule has 132 valence electrons. The van der Waals surface area contributed by atoms with Crippen molar-refractivity contribution < 1.29 is 44.6 Å². The van der Waals surface area contributed by atoms with E-state index in [2.05, 4.69) is 4.42 Å². The van der Waals surface area contributed by atoms with E-state index in [9.17, 15) is 40.2 Å². The van der Waals surface area contributed by atoms with Crippen molar-refractivity contribution in [2.45, 2.75) is 23.9 Å². The zero-order valence-corrected chi connectivity index (χ0v) is 11.4. The quantitative estimate of drug-likeness (QED) is 0.803. The monoisotopic (exact) mass is 360 g/mol. The van der Waals surface area contributed by atoms with Gasteiger partial charge in [-0.3, -0.25) is 0 Å². The molecule has 0 aliphatic heterocycles. The highest BCUT2D eigenvalue weighted by molar-refractivity contribution is 5.40. The van der Waals surface area contributed by atoms with Crippen LogP contribution in [0.15, 0.2) is 47.3 Å². The van der Waals surface area contributed by atoms with Gasteiger partial charge >= 0.3 is 18.3 Å². The molecule has 10 heteroatoms. The summed E-state index contributed by atoms with van der Waals surface area (Å²) in [6, 6.07) is 2.29. The first-order valence-corrected chi connectivity index (χ1v) is 6.19. The van der Waals surface area contributed by atoms with Crippen LogP contribution in [0.1, 0.15) is 16.7 Å². The molecule has 2 nitrogen and oxygen atoms in total. The Morgan fingerprint density at radius 3 is 1.83 bits per heavy atom. The summed E-state index contributed by atoms with van der Waals surface area (Å²) in [4.78, 5) is 0. The van der Waals surface area contributed by atoms with Gasteiger partial charge in [-0.1, -0.05) is 12.1 Å². The van der Waals surface area contributed by atoms with Crippen LogP contribution in [0.2, 0.25) is 0 Å². The fourth-order valence-electron chi connectivity index (χ4n) is 2.13. The Hall–Kier alpha value is -2.10. The number of aliphatic hydroxyl groups is 1. The van der Waals surface area contributed by atoms with Gasteiger partial charge in [0.05, 0.1) is 18.1 Å². The normalized spacial score (nSPS) is 16.0. The van der Waals surface area contributed by atoms with E-state index in [0.717, 1.165) is 0 Å². The summed E-state index contributed by atoms with van der Waals surface area (Å²) in [6.07, 6.45) is -10.1. The summed E-state index contributed by atoms with van der Waals surface area (Å²) in [5.74, 6) is -5.78.